The normalized spacial score (nSPS) is 16.6. The average molecular weight is 933 g/mol. The molecule has 0 atom stereocenters. The quantitative estimate of drug-likeness (QED) is 0.114. The van der Waals surface area contributed by atoms with Gasteiger partial charge in [-0.1, -0.05) is 72.8 Å². The van der Waals surface area contributed by atoms with Gasteiger partial charge in [0, 0.05) is 22.5 Å². The Balaban J connectivity index is 0.000000199. The molecule has 0 aliphatic carbocycles. The zero-order valence-electron chi connectivity index (χ0n) is 37.4. The summed E-state index contributed by atoms with van der Waals surface area (Å²) < 4.78 is 134. The van der Waals surface area contributed by atoms with Crippen molar-refractivity contribution in [3.05, 3.63) is 190 Å². The van der Waals surface area contributed by atoms with Crippen molar-refractivity contribution in [2.75, 3.05) is 53.5 Å². The molecule has 0 N–H and O–H groups in total. The molecule has 67 heavy (non-hydrogen) atoms. The summed E-state index contributed by atoms with van der Waals surface area (Å²) in [6.45, 7) is 4.50. The number of halogens is 9. The largest absolute Gasteiger partial charge is 0.416 e. The Labute approximate surface area is 386 Å². The number of likely N-dealkylation sites (tertiary alicyclic amines) is 2. The molecule has 354 valence electrons. The number of hydrogen-bond acceptors (Lipinski definition) is 4. The first-order chi connectivity index (χ1) is 31.9. The van der Waals surface area contributed by atoms with Crippen molar-refractivity contribution >= 4 is 0 Å². The molecule has 0 aromatic heterocycles. The van der Waals surface area contributed by atoms with Crippen molar-refractivity contribution in [2.45, 2.75) is 62.1 Å². The molecule has 0 saturated carbocycles. The Morgan fingerprint density at radius 2 is 0.881 bits per heavy atom. The van der Waals surface area contributed by atoms with E-state index in [4.69, 9.17) is 9.47 Å². The van der Waals surface area contributed by atoms with E-state index in [1.165, 1.54) is 35.9 Å². The summed E-state index contributed by atoms with van der Waals surface area (Å²) in [4.78, 5) is 4.53. The first kappa shape index (κ1) is 49.4. The Hall–Kier alpha value is -5.47. The van der Waals surface area contributed by atoms with Gasteiger partial charge in [-0.2, -0.15) is 26.3 Å². The van der Waals surface area contributed by atoms with Crippen LogP contribution >= 0.6 is 0 Å². The van der Waals surface area contributed by atoms with Crippen LogP contribution in [0.25, 0.3) is 22.3 Å². The van der Waals surface area contributed by atoms with E-state index in [1.54, 1.807) is 6.07 Å². The van der Waals surface area contributed by atoms with Crippen molar-refractivity contribution < 1.29 is 49.0 Å². The van der Waals surface area contributed by atoms with Gasteiger partial charge >= 0.3 is 12.4 Å². The van der Waals surface area contributed by atoms with E-state index in [2.05, 4.69) is 48.2 Å². The van der Waals surface area contributed by atoms with Crippen LogP contribution in [0, 0.1) is 17.5 Å². The summed E-state index contributed by atoms with van der Waals surface area (Å²) in [6, 6.07) is 35.8. The summed E-state index contributed by atoms with van der Waals surface area (Å²) in [6.07, 6.45) is -5.48. The van der Waals surface area contributed by atoms with E-state index in [1.807, 2.05) is 36.4 Å². The lowest BCUT2D eigenvalue weighted by Gasteiger charge is -2.41. The Bertz CT molecular complexity index is 2530. The van der Waals surface area contributed by atoms with Crippen molar-refractivity contribution in [1.82, 2.24) is 9.80 Å². The maximum atomic E-state index is 14.3. The monoisotopic (exact) mass is 932 g/mol. The van der Waals surface area contributed by atoms with Crippen LogP contribution in [0.5, 0.6) is 0 Å². The number of ether oxygens (including phenoxy) is 2. The molecule has 2 fully saturated rings. The molecule has 0 radical (unpaired) electrons. The number of piperidine rings is 2. The zero-order chi connectivity index (χ0) is 47.8. The molecule has 0 spiro atoms. The number of rotatable bonds is 12. The summed E-state index contributed by atoms with van der Waals surface area (Å²) in [5.41, 5.74) is 1.93. The van der Waals surface area contributed by atoms with Gasteiger partial charge in [-0.15, -0.1) is 0 Å². The van der Waals surface area contributed by atoms with E-state index in [0.717, 1.165) is 93.8 Å². The van der Waals surface area contributed by atoms with Crippen molar-refractivity contribution in [2.24, 2.45) is 0 Å². The van der Waals surface area contributed by atoms with Crippen LogP contribution in [0.4, 0.5) is 39.5 Å². The number of nitrogens with zero attached hydrogens (tertiary/aromatic N) is 2. The fraction of sp³-hybridized carbons (Fsp3) is 0.333. The summed E-state index contributed by atoms with van der Waals surface area (Å²) in [5.74, 6) is -2.14. The van der Waals surface area contributed by atoms with Gasteiger partial charge in [-0.3, -0.25) is 0 Å². The highest BCUT2D eigenvalue weighted by Gasteiger charge is 2.38. The smallest absolute Gasteiger partial charge is 0.376 e. The highest BCUT2D eigenvalue weighted by molar-refractivity contribution is 5.67. The molecule has 2 aliphatic heterocycles. The van der Waals surface area contributed by atoms with Crippen molar-refractivity contribution in [3.63, 3.8) is 0 Å². The van der Waals surface area contributed by atoms with Gasteiger partial charge in [0.05, 0.1) is 37.6 Å². The van der Waals surface area contributed by atoms with Gasteiger partial charge < -0.3 is 19.3 Å². The minimum atomic E-state index is -4.61. The summed E-state index contributed by atoms with van der Waals surface area (Å²) >= 11 is 0. The van der Waals surface area contributed by atoms with Crippen molar-refractivity contribution in [3.8, 4) is 22.3 Å². The second kappa shape index (κ2) is 21.2. The number of alkyl halides is 6. The average Bonchev–Trinajstić information content (AvgIpc) is 3.31. The lowest BCUT2D eigenvalue weighted by atomic mass is 9.73. The fourth-order valence-corrected chi connectivity index (χ4v) is 9.00. The lowest BCUT2D eigenvalue weighted by molar-refractivity contribution is -0.138. The molecule has 4 nitrogen and oxygen atoms in total. The molecular formula is C54H53F9N2O2. The zero-order valence-corrected chi connectivity index (χ0v) is 37.4. The Morgan fingerprint density at radius 1 is 0.463 bits per heavy atom. The highest BCUT2D eigenvalue weighted by atomic mass is 19.4. The van der Waals surface area contributed by atoms with Crippen LogP contribution in [0.1, 0.15) is 59.1 Å². The summed E-state index contributed by atoms with van der Waals surface area (Å²) in [5, 5.41) is 0. The van der Waals surface area contributed by atoms with E-state index in [9.17, 15) is 39.5 Å². The van der Waals surface area contributed by atoms with Gasteiger partial charge in [-0.05, 0) is 166 Å². The molecule has 6 aromatic carbocycles. The van der Waals surface area contributed by atoms with Crippen LogP contribution < -0.4 is 0 Å². The first-order valence-electron chi connectivity index (χ1n) is 22.2. The minimum Gasteiger partial charge on any atom is -0.376 e. The van der Waals surface area contributed by atoms with Gasteiger partial charge in [0.1, 0.15) is 17.5 Å². The second-order valence-electron chi connectivity index (χ2n) is 17.8. The minimum absolute atomic E-state index is 0.0305. The highest BCUT2D eigenvalue weighted by Crippen LogP contribution is 2.40. The van der Waals surface area contributed by atoms with E-state index < -0.39 is 40.9 Å². The standard InChI is InChI=1S/C27H26F5NO.C27H27F4NO/c1-33-11-9-26(10-12-33,21-5-3-2-4-6-21)18-34-17-19-13-20(15-22(14-19)27(30,31)32)24-8-7-23(28)16-25(24)29;1-32-13-11-26(12-14-32,23-5-3-2-4-6-23)19-33-18-20-15-22(17-24(16-20)27(29,30)31)21-7-9-25(28)10-8-21/h2-8,13-16H,9-12,17-18H2,1H3;2-10,15-17H,11-14,18-19H2,1H3. The molecule has 2 saturated heterocycles. The molecule has 0 amide bonds. The third-order valence-corrected chi connectivity index (χ3v) is 13.0. The third-order valence-electron chi connectivity index (χ3n) is 13.0. The third kappa shape index (κ3) is 12.7. The molecule has 0 bridgehead atoms. The number of benzene rings is 6. The number of hydrogen-bond donors (Lipinski definition) is 0. The predicted molar refractivity (Wildman–Crippen MR) is 243 cm³/mol. The molecule has 6 aromatic rings. The topological polar surface area (TPSA) is 24.9 Å². The van der Waals surface area contributed by atoms with Gasteiger partial charge in [-0.25, -0.2) is 13.2 Å². The Morgan fingerprint density at radius 3 is 1.31 bits per heavy atom. The fourth-order valence-electron chi connectivity index (χ4n) is 9.00. The molecular weight excluding hydrogens is 880 g/mol. The van der Waals surface area contributed by atoms with E-state index in [-0.39, 0.29) is 40.7 Å². The molecule has 13 heteroatoms. The molecule has 0 unspecified atom stereocenters. The Kier molecular flexibility index (Phi) is 15.7. The van der Waals surface area contributed by atoms with Gasteiger partial charge in [0.2, 0.25) is 0 Å². The van der Waals surface area contributed by atoms with E-state index in [0.29, 0.717) is 36.0 Å². The van der Waals surface area contributed by atoms with Crippen LogP contribution in [0.3, 0.4) is 0 Å². The molecule has 8 rings (SSSR count). The van der Waals surface area contributed by atoms with E-state index >= 15 is 0 Å². The van der Waals surface area contributed by atoms with Crippen LogP contribution in [-0.4, -0.2) is 63.3 Å². The predicted octanol–water partition coefficient (Wildman–Crippen LogP) is 13.5. The summed E-state index contributed by atoms with van der Waals surface area (Å²) in [7, 11) is 4.16. The molecule has 2 aliphatic rings. The maximum Gasteiger partial charge on any atom is 0.416 e. The van der Waals surface area contributed by atoms with Crippen LogP contribution in [0.2, 0.25) is 0 Å². The SMILES string of the molecule is CN1CCC(COCc2cc(-c3ccc(F)cc3)cc(C(F)(F)F)c2)(c2ccccc2)CC1.CN1CCC(COCc2cc(-c3ccc(F)cc3F)cc(C(F)(F)F)c2)(c2ccccc2)CC1. The van der Waals surface area contributed by atoms with Crippen molar-refractivity contribution in [1.29, 1.82) is 0 Å². The van der Waals surface area contributed by atoms with Gasteiger partial charge in [0.25, 0.3) is 0 Å². The second-order valence-corrected chi connectivity index (χ2v) is 17.8. The first-order valence-corrected chi connectivity index (χ1v) is 22.2. The maximum absolute atomic E-state index is 14.3. The van der Waals surface area contributed by atoms with Gasteiger partial charge in [0.15, 0.2) is 0 Å². The van der Waals surface area contributed by atoms with Crippen LogP contribution in [-0.2, 0) is 45.9 Å². The van der Waals surface area contributed by atoms with Crippen LogP contribution in [0.15, 0.2) is 140 Å². The lowest BCUT2D eigenvalue weighted by Crippen LogP contribution is -2.43. The molecule has 2 heterocycles.